The van der Waals surface area contributed by atoms with E-state index in [1.165, 1.54) is 0 Å². The van der Waals surface area contributed by atoms with Crippen molar-refractivity contribution in [1.29, 1.82) is 0 Å². The second-order valence-corrected chi connectivity index (χ2v) is 4.21. The number of pyridine rings is 1. The third kappa shape index (κ3) is 1.87. The normalized spacial score (nSPS) is 10.8. The van der Waals surface area contributed by atoms with Gasteiger partial charge >= 0.3 is 5.97 Å². The molecule has 0 saturated carbocycles. The molecule has 0 fully saturated rings. The fraction of sp³-hybridized carbons (Fsp3) is 0.200. The summed E-state index contributed by atoms with van der Waals surface area (Å²) in [7, 11) is 0. The van der Waals surface area contributed by atoms with Crippen LogP contribution in [0.3, 0.4) is 0 Å². The van der Waals surface area contributed by atoms with Crippen molar-refractivity contribution < 1.29 is 9.90 Å². The Hall–Kier alpha value is -1.36. The van der Waals surface area contributed by atoms with E-state index in [2.05, 4.69) is 20.9 Å². The summed E-state index contributed by atoms with van der Waals surface area (Å²) in [4.78, 5) is 14.8. The minimum Gasteiger partial charge on any atom is -0.481 e. The molecular formula is C10H9BrN2O2. The lowest BCUT2D eigenvalue weighted by Crippen LogP contribution is -2.03. The first-order chi connectivity index (χ1) is 7.08. The maximum absolute atomic E-state index is 10.6. The van der Waals surface area contributed by atoms with E-state index in [4.69, 9.17) is 5.11 Å². The fourth-order valence-corrected chi connectivity index (χ4v) is 1.75. The second-order valence-electron chi connectivity index (χ2n) is 3.35. The van der Waals surface area contributed by atoms with Crippen LogP contribution in [-0.2, 0) is 11.2 Å². The predicted octanol–water partition coefficient (Wildman–Crippen LogP) is 2.03. The van der Waals surface area contributed by atoms with E-state index in [-0.39, 0.29) is 6.42 Å². The van der Waals surface area contributed by atoms with Gasteiger partial charge in [0.25, 0.3) is 0 Å². The monoisotopic (exact) mass is 268 g/mol. The number of carbonyl (C=O) groups is 1. The molecule has 78 valence electrons. The Morgan fingerprint density at radius 3 is 3.07 bits per heavy atom. The molecule has 4 nitrogen and oxygen atoms in total. The van der Waals surface area contributed by atoms with Crippen LogP contribution in [-0.4, -0.2) is 20.5 Å². The average Bonchev–Trinajstić information content (AvgIpc) is 2.49. The summed E-state index contributed by atoms with van der Waals surface area (Å²) in [6.07, 6.45) is 3.42. The van der Waals surface area contributed by atoms with Crippen LogP contribution in [0.1, 0.15) is 11.3 Å². The molecule has 2 aromatic heterocycles. The minimum absolute atomic E-state index is 0.0172. The van der Waals surface area contributed by atoms with Crippen LogP contribution in [0.2, 0.25) is 0 Å². The van der Waals surface area contributed by atoms with Crippen molar-refractivity contribution in [2.75, 3.05) is 0 Å². The third-order valence-electron chi connectivity index (χ3n) is 2.20. The summed E-state index contributed by atoms with van der Waals surface area (Å²) in [5, 5.41) is 8.72. The van der Waals surface area contributed by atoms with Gasteiger partial charge in [0.15, 0.2) is 0 Å². The number of carboxylic acids is 1. The van der Waals surface area contributed by atoms with E-state index in [1.54, 1.807) is 10.6 Å². The Morgan fingerprint density at radius 1 is 1.67 bits per heavy atom. The summed E-state index contributed by atoms with van der Waals surface area (Å²) in [6, 6.07) is 1.91. The molecule has 2 heterocycles. The number of hydrogen-bond acceptors (Lipinski definition) is 2. The van der Waals surface area contributed by atoms with Crippen LogP contribution >= 0.6 is 15.9 Å². The Kier molecular flexibility index (Phi) is 2.48. The van der Waals surface area contributed by atoms with Crippen LogP contribution in [0.25, 0.3) is 5.65 Å². The zero-order valence-corrected chi connectivity index (χ0v) is 9.65. The summed E-state index contributed by atoms with van der Waals surface area (Å²) < 4.78 is 2.73. The van der Waals surface area contributed by atoms with Crippen molar-refractivity contribution in [3.05, 3.63) is 34.2 Å². The van der Waals surface area contributed by atoms with Gasteiger partial charge in [0.05, 0.1) is 12.1 Å². The first kappa shape index (κ1) is 10.2. The number of aliphatic carboxylic acids is 1. The Bertz CT molecular complexity index is 533. The second kappa shape index (κ2) is 3.66. The average molecular weight is 269 g/mol. The van der Waals surface area contributed by atoms with E-state index in [9.17, 15) is 4.79 Å². The number of aryl methyl sites for hydroxylation is 1. The number of carboxylic acid groups (broad SMARTS) is 1. The van der Waals surface area contributed by atoms with Crippen LogP contribution in [0.4, 0.5) is 0 Å². The molecule has 0 radical (unpaired) electrons. The van der Waals surface area contributed by atoms with E-state index in [0.717, 1.165) is 15.7 Å². The number of nitrogens with zero attached hydrogens (tertiary/aromatic N) is 2. The van der Waals surface area contributed by atoms with Gasteiger partial charge in [-0.1, -0.05) is 0 Å². The third-order valence-corrected chi connectivity index (χ3v) is 3.03. The van der Waals surface area contributed by atoms with Crippen LogP contribution in [0, 0.1) is 6.92 Å². The highest BCUT2D eigenvalue weighted by Gasteiger charge is 2.08. The highest BCUT2D eigenvalue weighted by atomic mass is 79.9. The predicted molar refractivity (Wildman–Crippen MR) is 59.0 cm³/mol. The van der Waals surface area contributed by atoms with E-state index >= 15 is 0 Å². The van der Waals surface area contributed by atoms with Gasteiger partial charge < -0.3 is 9.51 Å². The zero-order chi connectivity index (χ0) is 11.0. The van der Waals surface area contributed by atoms with Gasteiger partial charge in [0, 0.05) is 16.9 Å². The maximum Gasteiger partial charge on any atom is 0.309 e. The van der Waals surface area contributed by atoms with Crippen molar-refractivity contribution in [3.63, 3.8) is 0 Å². The van der Waals surface area contributed by atoms with Crippen molar-refractivity contribution in [2.45, 2.75) is 13.3 Å². The molecule has 2 aromatic rings. The number of rotatable bonds is 2. The molecule has 0 saturated heterocycles. The van der Waals surface area contributed by atoms with Gasteiger partial charge in [-0.15, -0.1) is 0 Å². The summed E-state index contributed by atoms with van der Waals surface area (Å²) in [5.41, 5.74) is 2.53. The number of hydrogen-bond donors (Lipinski definition) is 1. The van der Waals surface area contributed by atoms with Crippen molar-refractivity contribution in [2.24, 2.45) is 0 Å². The molecule has 1 N–H and O–H groups in total. The first-order valence-electron chi connectivity index (χ1n) is 4.42. The van der Waals surface area contributed by atoms with Crippen LogP contribution < -0.4 is 0 Å². The fourth-order valence-electron chi connectivity index (χ4n) is 1.43. The van der Waals surface area contributed by atoms with Gasteiger partial charge in [-0.25, -0.2) is 4.98 Å². The molecule has 0 unspecified atom stereocenters. The maximum atomic E-state index is 10.6. The Labute approximate surface area is 94.7 Å². The quantitative estimate of drug-likeness (QED) is 0.907. The number of aromatic nitrogens is 2. The number of imidazole rings is 1. The van der Waals surface area contributed by atoms with Gasteiger partial charge in [-0.3, -0.25) is 4.79 Å². The lowest BCUT2D eigenvalue weighted by atomic mass is 10.3. The molecule has 5 heteroatoms. The molecule has 0 aliphatic carbocycles. The van der Waals surface area contributed by atoms with Crippen molar-refractivity contribution in [1.82, 2.24) is 9.38 Å². The largest absolute Gasteiger partial charge is 0.481 e. The summed E-state index contributed by atoms with van der Waals surface area (Å²) in [6.45, 7) is 1.97. The molecule has 0 spiro atoms. The zero-order valence-electron chi connectivity index (χ0n) is 8.07. The van der Waals surface area contributed by atoms with Crippen molar-refractivity contribution in [3.8, 4) is 0 Å². The molecule has 0 aliphatic heterocycles. The first-order valence-corrected chi connectivity index (χ1v) is 5.21. The highest BCUT2D eigenvalue weighted by Crippen LogP contribution is 2.18. The van der Waals surface area contributed by atoms with Crippen LogP contribution in [0.5, 0.6) is 0 Å². The van der Waals surface area contributed by atoms with Gasteiger partial charge in [0.1, 0.15) is 5.65 Å². The van der Waals surface area contributed by atoms with E-state index in [1.807, 2.05) is 19.2 Å². The Balaban J connectivity index is 2.59. The summed E-state index contributed by atoms with van der Waals surface area (Å²) >= 11 is 3.41. The molecular weight excluding hydrogens is 260 g/mol. The Morgan fingerprint density at radius 2 is 2.40 bits per heavy atom. The van der Waals surface area contributed by atoms with Gasteiger partial charge in [-0.2, -0.15) is 0 Å². The molecule has 0 amide bonds. The van der Waals surface area contributed by atoms with Gasteiger partial charge in [0.2, 0.25) is 0 Å². The van der Waals surface area contributed by atoms with Crippen molar-refractivity contribution >= 4 is 27.5 Å². The van der Waals surface area contributed by atoms with E-state index < -0.39 is 5.97 Å². The molecule has 0 aromatic carbocycles. The van der Waals surface area contributed by atoms with Gasteiger partial charge in [-0.05, 0) is 34.5 Å². The summed E-state index contributed by atoms with van der Waals surface area (Å²) in [5.74, 6) is -0.853. The van der Waals surface area contributed by atoms with Crippen LogP contribution in [0.15, 0.2) is 22.9 Å². The molecule has 2 rings (SSSR count). The minimum atomic E-state index is -0.853. The molecule has 0 aliphatic rings. The number of fused-ring (bicyclic) bond motifs is 1. The smallest absolute Gasteiger partial charge is 0.309 e. The lowest BCUT2D eigenvalue weighted by Gasteiger charge is -2.02. The lowest BCUT2D eigenvalue weighted by molar-refractivity contribution is -0.136. The number of halogens is 1. The molecule has 0 atom stereocenters. The topological polar surface area (TPSA) is 54.6 Å². The van der Waals surface area contributed by atoms with E-state index in [0.29, 0.717) is 5.69 Å². The molecule has 0 bridgehead atoms. The molecule has 15 heavy (non-hydrogen) atoms. The highest BCUT2D eigenvalue weighted by molar-refractivity contribution is 9.10. The standard InChI is InChI=1S/C10H9BrN2O2/c1-6-2-9-12-4-7(3-10(14)15)13(9)5-8(6)11/h2,4-5H,3H2,1H3,(H,14,15). The SMILES string of the molecule is Cc1cc2ncc(CC(=O)O)n2cc1Br.